The van der Waals surface area contributed by atoms with Crippen LogP contribution in [-0.2, 0) is 16.4 Å². The van der Waals surface area contributed by atoms with Crippen LogP contribution in [0.1, 0.15) is 36.8 Å². The summed E-state index contributed by atoms with van der Waals surface area (Å²) in [5, 5.41) is 5.38. The molecule has 0 radical (unpaired) electrons. The minimum absolute atomic E-state index is 0.0461. The summed E-state index contributed by atoms with van der Waals surface area (Å²) in [5.41, 5.74) is 0.922. The van der Waals surface area contributed by atoms with Gasteiger partial charge in [-0.2, -0.15) is 5.10 Å². The Morgan fingerprint density at radius 3 is 2.56 bits per heavy atom. The first-order valence-corrected chi connectivity index (χ1v) is 10.7. The van der Waals surface area contributed by atoms with Crippen molar-refractivity contribution in [3.63, 3.8) is 0 Å². The zero-order valence-corrected chi connectivity index (χ0v) is 15.7. The highest BCUT2D eigenvalue weighted by Crippen LogP contribution is 2.38. The Morgan fingerprint density at radius 1 is 1.24 bits per heavy atom. The summed E-state index contributed by atoms with van der Waals surface area (Å²) in [7, 11) is -0.936. The number of nitrogens with zero attached hydrogens (tertiary/aromatic N) is 4. The fourth-order valence-corrected chi connectivity index (χ4v) is 5.17. The Kier molecular flexibility index (Phi) is 4.33. The number of hydrogen-bond donors (Lipinski definition) is 0. The first kappa shape index (κ1) is 17.0. The number of aromatic nitrogens is 3. The molecule has 1 atom stereocenters. The molecule has 1 aliphatic heterocycles. The summed E-state index contributed by atoms with van der Waals surface area (Å²) >= 11 is 5.99. The van der Waals surface area contributed by atoms with Crippen molar-refractivity contribution in [2.75, 3.05) is 18.6 Å². The average Bonchev–Trinajstić information content (AvgIpc) is 3.24. The van der Waals surface area contributed by atoms with Gasteiger partial charge >= 0.3 is 0 Å². The number of benzene rings is 1. The van der Waals surface area contributed by atoms with Gasteiger partial charge in [-0.25, -0.2) is 18.1 Å². The highest BCUT2D eigenvalue weighted by Gasteiger charge is 2.33. The van der Waals surface area contributed by atoms with Gasteiger partial charge in [0.15, 0.2) is 15.7 Å². The van der Waals surface area contributed by atoms with E-state index < -0.39 is 9.84 Å². The molecule has 134 valence electrons. The molecular weight excluding hydrogens is 360 g/mol. The zero-order valence-electron chi connectivity index (χ0n) is 14.1. The van der Waals surface area contributed by atoms with Gasteiger partial charge in [0.1, 0.15) is 5.82 Å². The molecule has 1 aliphatic carbocycles. The Balaban J connectivity index is 1.60. The van der Waals surface area contributed by atoms with E-state index in [2.05, 4.69) is 4.90 Å². The summed E-state index contributed by atoms with van der Waals surface area (Å²) in [6.07, 6.45) is 2.96. The van der Waals surface area contributed by atoms with Gasteiger partial charge in [0.25, 0.3) is 0 Å². The van der Waals surface area contributed by atoms with Crippen LogP contribution in [0.5, 0.6) is 0 Å². The van der Waals surface area contributed by atoms with Crippen molar-refractivity contribution in [1.82, 2.24) is 19.7 Å². The zero-order chi connectivity index (χ0) is 17.6. The lowest BCUT2D eigenvalue weighted by atomic mass is 10.2. The minimum Gasteiger partial charge on any atom is -0.295 e. The van der Waals surface area contributed by atoms with E-state index in [1.807, 2.05) is 36.0 Å². The monoisotopic (exact) mass is 380 g/mol. The molecule has 2 aromatic rings. The Hall–Kier alpha value is -1.44. The first-order chi connectivity index (χ1) is 11.9. The topological polar surface area (TPSA) is 68.1 Å². The molecule has 1 saturated heterocycles. The summed E-state index contributed by atoms with van der Waals surface area (Å²) in [5.74, 6) is 2.70. The summed E-state index contributed by atoms with van der Waals surface area (Å²) in [6.45, 7) is 0.572. The molecule has 25 heavy (non-hydrogen) atoms. The molecule has 1 saturated carbocycles. The molecule has 1 aromatic carbocycles. The second-order valence-corrected chi connectivity index (χ2v) is 9.69. The Labute approximate surface area is 152 Å². The fraction of sp³-hybridized carbons (Fsp3) is 0.529. The Bertz CT molecular complexity index is 875. The summed E-state index contributed by atoms with van der Waals surface area (Å²) < 4.78 is 25.4. The standard InChI is InChI=1S/C17H21ClN4O2S/c1-21(15-8-9-25(23,24)11-15)10-16-19-17(12-2-3-12)20-22(16)14-6-4-13(18)5-7-14/h4-7,12,15H,2-3,8-11H2,1H3. The van der Waals surface area contributed by atoms with Crippen LogP contribution in [-0.4, -0.2) is 52.7 Å². The predicted molar refractivity (Wildman–Crippen MR) is 96.9 cm³/mol. The average molecular weight is 381 g/mol. The third-order valence-corrected chi connectivity index (χ3v) is 6.93. The van der Waals surface area contributed by atoms with Gasteiger partial charge in [-0.05, 0) is 50.6 Å². The molecule has 2 fully saturated rings. The Morgan fingerprint density at radius 2 is 1.96 bits per heavy atom. The van der Waals surface area contributed by atoms with E-state index in [9.17, 15) is 8.42 Å². The highest BCUT2D eigenvalue weighted by molar-refractivity contribution is 7.91. The van der Waals surface area contributed by atoms with Crippen molar-refractivity contribution >= 4 is 21.4 Å². The van der Waals surface area contributed by atoms with Gasteiger partial charge in [0.2, 0.25) is 0 Å². The maximum atomic E-state index is 11.7. The van der Waals surface area contributed by atoms with Gasteiger partial charge in [-0.3, -0.25) is 4.90 Å². The lowest BCUT2D eigenvalue weighted by molar-refractivity contribution is 0.246. The molecule has 0 bridgehead atoms. The van der Waals surface area contributed by atoms with Gasteiger partial charge in [0.05, 0.1) is 23.7 Å². The maximum absolute atomic E-state index is 11.7. The molecule has 8 heteroatoms. The molecule has 6 nitrogen and oxygen atoms in total. The second-order valence-electron chi connectivity index (χ2n) is 7.02. The molecule has 1 aromatic heterocycles. The molecule has 2 heterocycles. The summed E-state index contributed by atoms with van der Waals surface area (Å²) in [6, 6.07) is 7.58. The van der Waals surface area contributed by atoms with Crippen molar-refractivity contribution in [3.8, 4) is 5.69 Å². The van der Waals surface area contributed by atoms with E-state index in [4.69, 9.17) is 21.7 Å². The normalized spacial score (nSPS) is 22.6. The van der Waals surface area contributed by atoms with Gasteiger partial charge in [-0.1, -0.05) is 11.6 Å². The smallest absolute Gasteiger partial charge is 0.154 e. The number of rotatable bonds is 5. The lowest BCUT2D eigenvalue weighted by Gasteiger charge is -2.22. The first-order valence-electron chi connectivity index (χ1n) is 8.54. The van der Waals surface area contributed by atoms with Crippen molar-refractivity contribution in [3.05, 3.63) is 40.9 Å². The van der Waals surface area contributed by atoms with Crippen LogP contribution in [0.4, 0.5) is 0 Å². The molecule has 2 aliphatic rings. The molecule has 0 N–H and O–H groups in total. The second kappa shape index (κ2) is 6.37. The van der Waals surface area contributed by atoms with E-state index in [1.54, 1.807) is 0 Å². The van der Waals surface area contributed by atoms with E-state index in [0.29, 0.717) is 23.9 Å². The van der Waals surface area contributed by atoms with Gasteiger partial charge in [-0.15, -0.1) is 0 Å². The molecule has 4 rings (SSSR count). The van der Waals surface area contributed by atoms with Crippen molar-refractivity contribution in [1.29, 1.82) is 0 Å². The fourth-order valence-electron chi connectivity index (χ4n) is 3.24. The third kappa shape index (κ3) is 3.73. The van der Waals surface area contributed by atoms with Gasteiger partial charge < -0.3 is 0 Å². The number of hydrogen-bond acceptors (Lipinski definition) is 5. The number of halogens is 1. The van der Waals surface area contributed by atoms with Crippen molar-refractivity contribution in [2.45, 2.75) is 37.8 Å². The lowest BCUT2D eigenvalue weighted by Crippen LogP contribution is -2.33. The molecular formula is C17H21ClN4O2S. The van der Waals surface area contributed by atoms with Crippen LogP contribution in [0.3, 0.4) is 0 Å². The van der Waals surface area contributed by atoms with Crippen LogP contribution in [0.15, 0.2) is 24.3 Å². The minimum atomic E-state index is -2.90. The van der Waals surface area contributed by atoms with Crippen LogP contribution in [0.2, 0.25) is 5.02 Å². The van der Waals surface area contributed by atoms with Crippen molar-refractivity contribution < 1.29 is 8.42 Å². The van der Waals surface area contributed by atoms with Crippen LogP contribution in [0, 0.1) is 0 Å². The molecule has 0 spiro atoms. The van der Waals surface area contributed by atoms with E-state index in [-0.39, 0.29) is 17.5 Å². The quantitative estimate of drug-likeness (QED) is 0.796. The largest absolute Gasteiger partial charge is 0.295 e. The molecule has 1 unspecified atom stereocenters. The SMILES string of the molecule is CN(Cc1nc(C2CC2)nn1-c1ccc(Cl)cc1)C1CCS(=O)(=O)C1. The van der Waals surface area contributed by atoms with Crippen LogP contribution >= 0.6 is 11.6 Å². The summed E-state index contributed by atoms with van der Waals surface area (Å²) in [4.78, 5) is 6.83. The van der Waals surface area contributed by atoms with Gasteiger partial charge in [0, 0.05) is 17.0 Å². The predicted octanol–water partition coefficient (Wildman–Crippen LogP) is 2.42. The molecule has 0 amide bonds. The highest BCUT2D eigenvalue weighted by atomic mass is 35.5. The third-order valence-electron chi connectivity index (χ3n) is 4.93. The maximum Gasteiger partial charge on any atom is 0.154 e. The van der Waals surface area contributed by atoms with E-state index in [0.717, 1.165) is 30.2 Å². The number of sulfone groups is 1. The van der Waals surface area contributed by atoms with Crippen LogP contribution in [0.25, 0.3) is 5.69 Å². The van der Waals surface area contributed by atoms with E-state index in [1.165, 1.54) is 0 Å². The van der Waals surface area contributed by atoms with Crippen LogP contribution < -0.4 is 0 Å². The van der Waals surface area contributed by atoms with Crippen molar-refractivity contribution in [2.24, 2.45) is 0 Å². The van der Waals surface area contributed by atoms with E-state index >= 15 is 0 Å².